The Kier molecular flexibility index (Phi) is 6.23. The summed E-state index contributed by atoms with van der Waals surface area (Å²) in [6.45, 7) is 1.93. The molecule has 0 saturated heterocycles. The molecule has 2 N–H and O–H groups in total. The van der Waals surface area contributed by atoms with E-state index in [1.165, 1.54) is 6.07 Å². The molecule has 0 aliphatic carbocycles. The lowest BCUT2D eigenvalue weighted by atomic mass is 10.0. The van der Waals surface area contributed by atoms with Crippen LogP contribution in [0, 0.1) is 0 Å². The highest BCUT2D eigenvalue weighted by molar-refractivity contribution is 7.08. The van der Waals surface area contributed by atoms with E-state index in [9.17, 15) is 9.59 Å². The van der Waals surface area contributed by atoms with Gasteiger partial charge in [0.05, 0.1) is 17.4 Å². The molecular weight excluding hydrogens is 412 g/mol. The van der Waals surface area contributed by atoms with Crippen LogP contribution in [0.15, 0.2) is 65.7 Å². The molecule has 0 bridgehead atoms. The molecule has 31 heavy (non-hydrogen) atoms. The van der Waals surface area contributed by atoms with Crippen LogP contribution >= 0.6 is 11.5 Å². The van der Waals surface area contributed by atoms with E-state index in [2.05, 4.69) is 29.9 Å². The molecule has 3 aromatic heterocycles. The molecule has 0 fully saturated rings. The van der Waals surface area contributed by atoms with Crippen molar-refractivity contribution in [3.05, 3.63) is 93.1 Å². The highest BCUT2D eigenvalue weighted by atomic mass is 32.1. The highest BCUT2D eigenvalue weighted by Crippen LogP contribution is 2.21. The third kappa shape index (κ3) is 4.89. The van der Waals surface area contributed by atoms with Crippen LogP contribution in [-0.2, 0) is 12.8 Å². The van der Waals surface area contributed by atoms with Crippen molar-refractivity contribution in [1.82, 2.24) is 29.9 Å². The summed E-state index contributed by atoms with van der Waals surface area (Å²) in [7, 11) is 0. The fraction of sp³-hybridized carbons (Fsp3) is 0.182. The zero-order chi connectivity index (χ0) is 21.6. The number of rotatable bonds is 7. The predicted molar refractivity (Wildman–Crippen MR) is 118 cm³/mol. The molecule has 0 spiro atoms. The van der Waals surface area contributed by atoms with Gasteiger partial charge in [0, 0.05) is 30.4 Å². The number of benzene rings is 1. The number of pyridine rings is 1. The Morgan fingerprint density at radius 2 is 2.03 bits per heavy atom. The van der Waals surface area contributed by atoms with Crippen molar-refractivity contribution in [2.45, 2.75) is 25.8 Å². The van der Waals surface area contributed by atoms with Gasteiger partial charge in [-0.25, -0.2) is 4.98 Å². The Morgan fingerprint density at radius 1 is 1.19 bits per heavy atom. The first-order chi connectivity index (χ1) is 15.1. The first kappa shape index (κ1) is 20.5. The zero-order valence-corrected chi connectivity index (χ0v) is 17.6. The summed E-state index contributed by atoms with van der Waals surface area (Å²) in [6.07, 6.45) is 4.27. The molecule has 4 aromatic rings. The van der Waals surface area contributed by atoms with Crippen molar-refractivity contribution in [3.8, 4) is 11.4 Å². The summed E-state index contributed by atoms with van der Waals surface area (Å²) >= 11 is 1.08. The lowest BCUT2D eigenvalue weighted by molar-refractivity contribution is 0.0939. The molecule has 1 atom stereocenters. The summed E-state index contributed by atoms with van der Waals surface area (Å²) in [5, 5.41) is 7.09. The topological polar surface area (TPSA) is 114 Å². The van der Waals surface area contributed by atoms with Gasteiger partial charge in [0.15, 0.2) is 0 Å². The van der Waals surface area contributed by atoms with Crippen LogP contribution in [0.4, 0.5) is 0 Å². The van der Waals surface area contributed by atoms with E-state index >= 15 is 0 Å². The van der Waals surface area contributed by atoms with E-state index in [-0.39, 0.29) is 17.5 Å². The van der Waals surface area contributed by atoms with Crippen molar-refractivity contribution in [3.63, 3.8) is 0 Å². The number of amides is 1. The number of aromatic amines is 1. The quantitative estimate of drug-likeness (QED) is 0.464. The molecule has 0 aliphatic heterocycles. The van der Waals surface area contributed by atoms with Crippen LogP contribution in [0.1, 0.15) is 39.6 Å². The largest absolute Gasteiger partial charge is 0.344 e. The van der Waals surface area contributed by atoms with Gasteiger partial charge < -0.3 is 10.3 Å². The van der Waals surface area contributed by atoms with E-state index in [0.717, 1.165) is 17.1 Å². The van der Waals surface area contributed by atoms with Crippen molar-refractivity contribution in [2.24, 2.45) is 0 Å². The first-order valence-electron chi connectivity index (χ1n) is 9.81. The zero-order valence-electron chi connectivity index (χ0n) is 16.8. The lowest BCUT2D eigenvalue weighted by Gasteiger charge is -2.19. The molecule has 3 heterocycles. The van der Waals surface area contributed by atoms with Crippen LogP contribution in [0.5, 0.6) is 0 Å². The second-order valence-corrected chi connectivity index (χ2v) is 7.62. The number of hydrogen-bond donors (Lipinski definition) is 2. The third-order valence-corrected chi connectivity index (χ3v) is 5.51. The van der Waals surface area contributed by atoms with Gasteiger partial charge in [-0.1, -0.05) is 41.7 Å². The Balaban J connectivity index is 1.65. The normalized spacial score (nSPS) is 11.8. The summed E-state index contributed by atoms with van der Waals surface area (Å²) < 4.78 is 3.90. The Morgan fingerprint density at radius 3 is 2.77 bits per heavy atom. The first-order valence-corrected chi connectivity index (χ1v) is 10.6. The van der Waals surface area contributed by atoms with Crippen molar-refractivity contribution in [2.75, 3.05) is 0 Å². The van der Waals surface area contributed by atoms with Crippen molar-refractivity contribution in [1.29, 1.82) is 0 Å². The van der Waals surface area contributed by atoms with E-state index in [0.29, 0.717) is 40.5 Å². The lowest BCUT2D eigenvalue weighted by Crippen LogP contribution is -2.30. The maximum Gasteiger partial charge on any atom is 0.265 e. The van der Waals surface area contributed by atoms with E-state index in [4.69, 9.17) is 0 Å². The second kappa shape index (κ2) is 9.40. The molecule has 156 valence electrons. The average Bonchev–Trinajstić information content (AvgIpc) is 3.29. The van der Waals surface area contributed by atoms with Gasteiger partial charge in [0.25, 0.3) is 11.5 Å². The Hall–Kier alpha value is -3.72. The number of nitrogens with zero attached hydrogens (tertiary/aromatic N) is 4. The van der Waals surface area contributed by atoms with E-state index < -0.39 is 0 Å². The monoisotopic (exact) mass is 432 g/mol. The van der Waals surface area contributed by atoms with Gasteiger partial charge in [-0.05, 0) is 35.6 Å². The average molecular weight is 433 g/mol. The number of H-pyrrole nitrogens is 1. The Bertz CT molecular complexity index is 1220. The highest BCUT2D eigenvalue weighted by Gasteiger charge is 2.21. The summed E-state index contributed by atoms with van der Waals surface area (Å²) in [5.74, 6) is 0.201. The minimum atomic E-state index is -0.378. The van der Waals surface area contributed by atoms with Crippen LogP contribution < -0.4 is 10.9 Å². The number of aryl methyl sites for hydroxylation is 1. The van der Waals surface area contributed by atoms with E-state index in [1.807, 2.05) is 43.3 Å². The molecule has 0 unspecified atom stereocenters. The number of hydrogen-bond acceptors (Lipinski definition) is 7. The predicted octanol–water partition coefficient (Wildman–Crippen LogP) is 2.96. The van der Waals surface area contributed by atoms with Crippen molar-refractivity contribution >= 4 is 17.4 Å². The van der Waals surface area contributed by atoms with Crippen LogP contribution in [0.3, 0.4) is 0 Å². The molecule has 1 aromatic carbocycles. The molecule has 4 rings (SSSR count). The molecule has 9 heteroatoms. The second-order valence-electron chi connectivity index (χ2n) is 6.87. The Labute approximate surface area is 182 Å². The number of carbonyl (C=O) groups is 1. The maximum absolute atomic E-state index is 12.9. The van der Waals surface area contributed by atoms with Gasteiger partial charge in [0.2, 0.25) is 0 Å². The molecule has 0 aliphatic rings. The number of carbonyl (C=O) groups excluding carboxylic acids is 1. The third-order valence-electron chi connectivity index (χ3n) is 4.75. The number of aromatic nitrogens is 5. The molecule has 8 nitrogen and oxygen atoms in total. The summed E-state index contributed by atoms with van der Waals surface area (Å²) in [6, 6.07) is 14.3. The summed E-state index contributed by atoms with van der Waals surface area (Å²) in [5.41, 5.74) is 2.60. The van der Waals surface area contributed by atoms with Gasteiger partial charge >= 0.3 is 0 Å². The van der Waals surface area contributed by atoms with Crippen molar-refractivity contribution < 1.29 is 4.79 Å². The maximum atomic E-state index is 12.9. The molecule has 1 amide bonds. The van der Waals surface area contributed by atoms with Crippen LogP contribution in [-0.4, -0.2) is 30.4 Å². The van der Waals surface area contributed by atoms with Crippen LogP contribution in [0.25, 0.3) is 11.4 Å². The summed E-state index contributed by atoms with van der Waals surface area (Å²) in [4.78, 5) is 37.1. The van der Waals surface area contributed by atoms with E-state index in [1.54, 1.807) is 18.5 Å². The fourth-order valence-corrected chi connectivity index (χ4v) is 3.89. The standard InChI is InChI=1S/C22H20N6O2S/c1-2-17-20(31-28-27-17)22(30)25-18(14-7-4-3-5-8-14)11-16-12-19(29)26-21(24-16)15-9-6-10-23-13-15/h3-10,12-13,18H,2,11H2,1H3,(H,25,30)(H,24,26,29)/t18-/m0/s1. The van der Waals surface area contributed by atoms with Gasteiger partial charge in [-0.3, -0.25) is 14.6 Å². The fourth-order valence-electron chi connectivity index (χ4n) is 3.23. The molecular formula is C22H20N6O2S. The minimum absolute atomic E-state index is 0.238. The molecule has 0 saturated carbocycles. The minimum Gasteiger partial charge on any atom is -0.344 e. The SMILES string of the molecule is CCc1nnsc1C(=O)N[C@@H](Cc1cc(=O)[nH]c(-c2cccnc2)n1)c1ccccc1. The smallest absolute Gasteiger partial charge is 0.265 e. The van der Waals surface area contributed by atoms with Gasteiger partial charge in [0.1, 0.15) is 10.7 Å². The number of nitrogens with one attached hydrogen (secondary N) is 2. The van der Waals surface area contributed by atoms with Gasteiger partial charge in [-0.2, -0.15) is 0 Å². The molecule has 0 radical (unpaired) electrons. The van der Waals surface area contributed by atoms with Gasteiger partial charge in [-0.15, -0.1) is 5.10 Å². The van der Waals surface area contributed by atoms with Crippen LogP contribution in [0.2, 0.25) is 0 Å².